The van der Waals surface area contributed by atoms with Crippen LogP contribution in [0.3, 0.4) is 0 Å². The number of rotatable bonds is 3. The molecule has 0 atom stereocenters. The number of phenolic OH excluding ortho intramolecular Hbond substituents is 1. The Morgan fingerprint density at radius 2 is 1.82 bits per heavy atom. The third kappa shape index (κ3) is 2.36. The minimum Gasteiger partial charge on any atom is -0.508 e. The van der Waals surface area contributed by atoms with E-state index in [2.05, 4.69) is 0 Å². The minimum atomic E-state index is -3.00. The van der Waals surface area contributed by atoms with E-state index in [0.29, 0.717) is 5.39 Å². The molecule has 2 rings (SSSR count). The molecule has 0 amide bonds. The van der Waals surface area contributed by atoms with E-state index in [1.807, 2.05) is 12.1 Å². The molecule has 0 radical (unpaired) electrons. The fraction of sp³-hybridized carbons (Fsp3) is 0.231. The normalized spacial score (nSPS) is 11.9. The van der Waals surface area contributed by atoms with Gasteiger partial charge in [-0.1, -0.05) is 30.3 Å². The van der Waals surface area contributed by atoms with Crippen LogP contribution in [0, 0.1) is 0 Å². The summed E-state index contributed by atoms with van der Waals surface area (Å²) in [5.41, 5.74) is 5.27. The van der Waals surface area contributed by atoms with E-state index in [1.54, 1.807) is 18.2 Å². The number of nitrogens with two attached hydrogens (primary N) is 1. The maximum atomic E-state index is 13.3. The van der Waals surface area contributed by atoms with Gasteiger partial charge in [0.25, 0.3) is 5.92 Å². The van der Waals surface area contributed by atoms with Gasteiger partial charge in [0.05, 0.1) is 6.54 Å². The van der Waals surface area contributed by atoms with Crippen molar-refractivity contribution < 1.29 is 13.9 Å². The van der Waals surface area contributed by atoms with Gasteiger partial charge in [-0.2, -0.15) is 0 Å². The average molecular weight is 237 g/mol. The molecule has 2 nitrogen and oxygen atoms in total. The zero-order chi connectivity index (χ0) is 12.5. The van der Waals surface area contributed by atoms with E-state index in [-0.39, 0.29) is 11.3 Å². The molecule has 0 spiro atoms. The molecular weight excluding hydrogens is 224 g/mol. The summed E-state index contributed by atoms with van der Waals surface area (Å²) in [6, 6.07) is 10.3. The summed E-state index contributed by atoms with van der Waals surface area (Å²) in [6.45, 7) is -0.727. The largest absolute Gasteiger partial charge is 0.508 e. The molecule has 0 saturated heterocycles. The fourth-order valence-corrected chi connectivity index (χ4v) is 1.84. The molecule has 0 aliphatic carbocycles. The molecular formula is C13H13F2NO. The lowest BCUT2D eigenvalue weighted by atomic mass is 9.98. The first-order valence-electron chi connectivity index (χ1n) is 5.31. The third-order valence-corrected chi connectivity index (χ3v) is 2.75. The molecule has 0 saturated carbocycles. The SMILES string of the molecule is NCC(F)(F)Cc1c(O)ccc2ccccc12. The average Bonchev–Trinajstić information content (AvgIpc) is 2.33. The Labute approximate surface area is 97.7 Å². The van der Waals surface area contributed by atoms with Gasteiger partial charge < -0.3 is 10.8 Å². The van der Waals surface area contributed by atoms with Crippen molar-refractivity contribution in [2.45, 2.75) is 12.3 Å². The highest BCUT2D eigenvalue weighted by atomic mass is 19.3. The van der Waals surface area contributed by atoms with Gasteiger partial charge in [0.1, 0.15) is 5.75 Å². The van der Waals surface area contributed by atoms with Crippen LogP contribution in [0.2, 0.25) is 0 Å². The number of fused-ring (bicyclic) bond motifs is 1. The van der Waals surface area contributed by atoms with Crippen molar-refractivity contribution in [2.75, 3.05) is 6.54 Å². The van der Waals surface area contributed by atoms with Gasteiger partial charge in [-0.3, -0.25) is 0 Å². The smallest absolute Gasteiger partial charge is 0.264 e. The van der Waals surface area contributed by atoms with Crippen LogP contribution >= 0.6 is 0 Å². The first-order chi connectivity index (χ1) is 8.03. The highest BCUT2D eigenvalue weighted by molar-refractivity contribution is 5.87. The molecule has 3 N–H and O–H groups in total. The van der Waals surface area contributed by atoms with Gasteiger partial charge >= 0.3 is 0 Å². The molecule has 2 aromatic rings. The van der Waals surface area contributed by atoms with E-state index in [0.717, 1.165) is 5.39 Å². The molecule has 0 bridgehead atoms. The van der Waals surface area contributed by atoms with Crippen molar-refractivity contribution >= 4 is 10.8 Å². The second-order valence-corrected chi connectivity index (χ2v) is 4.02. The lowest BCUT2D eigenvalue weighted by molar-refractivity contribution is 0.0113. The summed E-state index contributed by atoms with van der Waals surface area (Å²) < 4.78 is 26.6. The Morgan fingerprint density at radius 3 is 2.53 bits per heavy atom. The summed E-state index contributed by atoms with van der Waals surface area (Å²) in [5, 5.41) is 11.2. The van der Waals surface area contributed by atoms with Crippen LogP contribution in [0.15, 0.2) is 36.4 Å². The van der Waals surface area contributed by atoms with Crippen LogP contribution in [0.4, 0.5) is 8.78 Å². The van der Waals surface area contributed by atoms with Gasteiger partial charge in [-0.05, 0) is 16.8 Å². The number of halogens is 2. The van der Waals surface area contributed by atoms with Crippen molar-refractivity contribution in [2.24, 2.45) is 5.73 Å². The fourth-order valence-electron chi connectivity index (χ4n) is 1.84. The first-order valence-corrected chi connectivity index (χ1v) is 5.31. The van der Waals surface area contributed by atoms with Crippen molar-refractivity contribution in [1.82, 2.24) is 0 Å². The van der Waals surface area contributed by atoms with Gasteiger partial charge in [0, 0.05) is 12.0 Å². The number of hydrogen-bond acceptors (Lipinski definition) is 2. The molecule has 4 heteroatoms. The monoisotopic (exact) mass is 237 g/mol. The van der Waals surface area contributed by atoms with Crippen LogP contribution in [0.25, 0.3) is 10.8 Å². The predicted octanol–water partition coefficient (Wildman–Crippen LogP) is 2.68. The van der Waals surface area contributed by atoms with Crippen molar-refractivity contribution in [3.05, 3.63) is 42.0 Å². The number of hydrogen-bond donors (Lipinski definition) is 2. The third-order valence-electron chi connectivity index (χ3n) is 2.75. The van der Waals surface area contributed by atoms with Crippen LogP contribution in [-0.2, 0) is 6.42 Å². The lowest BCUT2D eigenvalue weighted by Gasteiger charge is -2.16. The second kappa shape index (κ2) is 4.30. The molecule has 17 heavy (non-hydrogen) atoms. The van der Waals surface area contributed by atoms with E-state index in [1.165, 1.54) is 6.07 Å². The number of aromatic hydroxyl groups is 1. The molecule has 0 unspecified atom stereocenters. The standard InChI is InChI=1S/C13H13F2NO/c14-13(15,8-16)7-11-10-4-2-1-3-9(10)5-6-12(11)17/h1-6,17H,7-8,16H2. The quantitative estimate of drug-likeness (QED) is 0.862. The molecule has 0 heterocycles. The molecule has 90 valence electrons. The lowest BCUT2D eigenvalue weighted by Crippen LogP contribution is -2.30. The minimum absolute atomic E-state index is 0.114. The highest BCUT2D eigenvalue weighted by Gasteiger charge is 2.29. The van der Waals surface area contributed by atoms with Crippen LogP contribution in [-0.4, -0.2) is 17.6 Å². The van der Waals surface area contributed by atoms with Crippen LogP contribution < -0.4 is 5.73 Å². The Morgan fingerprint density at radius 1 is 1.12 bits per heavy atom. The summed E-state index contributed by atoms with van der Waals surface area (Å²) >= 11 is 0. The van der Waals surface area contributed by atoms with E-state index in [4.69, 9.17) is 5.73 Å². The Hall–Kier alpha value is -1.68. The molecule has 0 aliphatic rings. The maximum Gasteiger partial charge on any atom is 0.264 e. The maximum absolute atomic E-state index is 13.3. The van der Waals surface area contributed by atoms with Crippen molar-refractivity contribution in [1.29, 1.82) is 0 Å². The summed E-state index contributed by atoms with van der Waals surface area (Å²) in [5.74, 6) is -3.11. The van der Waals surface area contributed by atoms with Gasteiger partial charge in [0.15, 0.2) is 0 Å². The molecule has 0 aromatic heterocycles. The topological polar surface area (TPSA) is 46.2 Å². The Bertz CT molecular complexity index is 540. The first kappa shape index (κ1) is 11.8. The van der Waals surface area contributed by atoms with Gasteiger partial charge in [-0.15, -0.1) is 0 Å². The summed E-state index contributed by atoms with van der Waals surface area (Å²) in [6.07, 6.45) is -0.545. The summed E-state index contributed by atoms with van der Waals surface area (Å²) in [4.78, 5) is 0. The Balaban J connectivity index is 2.55. The van der Waals surface area contributed by atoms with E-state index in [9.17, 15) is 13.9 Å². The molecule has 2 aromatic carbocycles. The van der Waals surface area contributed by atoms with E-state index < -0.39 is 18.9 Å². The molecule has 0 aliphatic heterocycles. The van der Waals surface area contributed by atoms with Crippen LogP contribution in [0.1, 0.15) is 5.56 Å². The zero-order valence-corrected chi connectivity index (χ0v) is 9.16. The predicted molar refractivity (Wildman–Crippen MR) is 63.3 cm³/mol. The Kier molecular flexibility index (Phi) is 2.98. The number of benzene rings is 2. The number of alkyl halides is 2. The molecule has 0 fully saturated rings. The zero-order valence-electron chi connectivity index (χ0n) is 9.16. The second-order valence-electron chi connectivity index (χ2n) is 4.02. The van der Waals surface area contributed by atoms with Crippen molar-refractivity contribution in [3.8, 4) is 5.75 Å². The number of phenols is 1. The van der Waals surface area contributed by atoms with Crippen LogP contribution in [0.5, 0.6) is 5.75 Å². The van der Waals surface area contributed by atoms with Crippen molar-refractivity contribution in [3.63, 3.8) is 0 Å². The highest BCUT2D eigenvalue weighted by Crippen LogP contribution is 2.31. The van der Waals surface area contributed by atoms with Gasteiger partial charge in [0.2, 0.25) is 0 Å². The summed E-state index contributed by atoms with van der Waals surface area (Å²) in [7, 11) is 0. The van der Waals surface area contributed by atoms with E-state index >= 15 is 0 Å². The van der Waals surface area contributed by atoms with Gasteiger partial charge in [-0.25, -0.2) is 8.78 Å².